The summed E-state index contributed by atoms with van der Waals surface area (Å²) in [6, 6.07) is 83.2. The zero-order valence-corrected chi connectivity index (χ0v) is 37.3. The minimum absolute atomic E-state index is 0.0516. The van der Waals surface area contributed by atoms with E-state index >= 15 is 0 Å². The van der Waals surface area contributed by atoms with E-state index in [0.717, 1.165) is 17.1 Å². The maximum Gasteiger partial charge on any atom is 0.0467 e. The number of fused-ring (bicyclic) bond motifs is 7. The first-order valence-corrected chi connectivity index (χ1v) is 22.9. The maximum absolute atomic E-state index is 2.41. The third-order valence-corrected chi connectivity index (χ3v) is 14.5. The number of benzene rings is 10. The monoisotopic (exact) mass is 831 g/mol. The van der Waals surface area contributed by atoms with Crippen molar-refractivity contribution in [3.63, 3.8) is 0 Å². The number of nitrogens with zero attached hydrogens (tertiary/aromatic N) is 1. The van der Waals surface area contributed by atoms with Gasteiger partial charge in [-0.3, -0.25) is 0 Å². The summed E-state index contributed by atoms with van der Waals surface area (Å²) in [7, 11) is 0. The molecular weight excluding hydrogens is 783 g/mol. The summed E-state index contributed by atoms with van der Waals surface area (Å²) in [6.07, 6.45) is 0. The molecule has 0 saturated carbocycles. The average Bonchev–Trinajstić information content (AvgIpc) is 3.74. The second-order valence-electron chi connectivity index (χ2n) is 18.9. The van der Waals surface area contributed by atoms with Gasteiger partial charge >= 0.3 is 0 Å². The molecule has 1 heteroatoms. The highest BCUT2D eigenvalue weighted by Gasteiger charge is 2.38. The first-order chi connectivity index (χ1) is 31.8. The highest BCUT2D eigenvalue weighted by Crippen LogP contribution is 2.53. The lowest BCUT2D eigenvalue weighted by atomic mass is 9.78. The van der Waals surface area contributed by atoms with Crippen LogP contribution in [0.15, 0.2) is 224 Å². The summed E-state index contributed by atoms with van der Waals surface area (Å²) in [4.78, 5) is 2.40. The summed E-state index contributed by atoms with van der Waals surface area (Å²) < 4.78 is 0. The molecule has 0 unspecified atom stereocenters. The molecule has 10 aromatic carbocycles. The van der Waals surface area contributed by atoms with E-state index in [1.165, 1.54) is 99.8 Å². The molecule has 0 radical (unpaired) electrons. The molecule has 0 fully saturated rings. The lowest BCUT2D eigenvalue weighted by Gasteiger charge is -2.27. The molecule has 0 atom stereocenters. The smallest absolute Gasteiger partial charge is 0.0467 e. The van der Waals surface area contributed by atoms with Gasteiger partial charge in [-0.1, -0.05) is 210 Å². The van der Waals surface area contributed by atoms with Gasteiger partial charge in [-0.2, -0.15) is 0 Å². The standard InChI is InChI=1S/C64H49N/c1-63(2)59-28-11-9-23-54(59)56-39-34-45(41-61(56)63)42-30-35-47(36-31-42)65(49-19-13-18-46(40-49)52-25-14-17-43-16-5-6-20-50(43)52)48-37-32-44(33-38-48)51-21-7-8-22-53(51)57-26-15-27-58-55-24-10-12-29-60(55)64(3,4)62(57)58/h5-41H,1-4H3. The van der Waals surface area contributed by atoms with E-state index in [9.17, 15) is 0 Å². The van der Waals surface area contributed by atoms with Gasteiger partial charge in [-0.25, -0.2) is 0 Å². The molecule has 2 aliphatic carbocycles. The van der Waals surface area contributed by atoms with Crippen molar-refractivity contribution in [2.24, 2.45) is 0 Å². The Bertz CT molecular complexity index is 3470. The predicted molar refractivity (Wildman–Crippen MR) is 276 cm³/mol. The largest absolute Gasteiger partial charge is 0.310 e. The van der Waals surface area contributed by atoms with Crippen LogP contribution in [0.1, 0.15) is 49.9 Å². The molecule has 0 aromatic heterocycles. The Balaban J connectivity index is 0.948. The SMILES string of the molecule is CC1(C)c2ccccc2-c2ccc(-c3ccc(N(c4ccc(-c5ccccc5-c5cccc6c5C(C)(C)c5ccccc5-6)cc4)c4cccc(-c5cccc6ccccc56)c4)cc3)cc21. The summed E-state index contributed by atoms with van der Waals surface area (Å²) in [5.41, 5.74) is 23.9. The van der Waals surface area contributed by atoms with Crippen LogP contribution in [-0.4, -0.2) is 0 Å². The molecule has 2 aliphatic rings. The van der Waals surface area contributed by atoms with Crippen molar-refractivity contribution >= 4 is 27.8 Å². The number of hydrogen-bond acceptors (Lipinski definition) is 1. The highest BCUT2D eigenvalue weighted by atomic mass is 15.1. The van der Waals surface area contributed by atoms with Crippen molar-refractivity contribution < 1.29 is 0 Å². The van der Waals surface area contributed by atoms with Crippen molar-refractivity contribution in [3.8, 4) is 66.8 Å². The third kappa shape index (κ3) is 6.21. The van der Waals surface area contributed by atoms with Crippen molar-refractivity contribution in [1.82, 2.24) is 0 Å². The number of hydrogen-bond donors (Lipinski definition) is 0. The topological polar surface area (TPSA) is 3.24 Å². The predicted octanol–water partition coefficient (Wildman–Crippen LogP) is 17.6. The molecule has 0 amide bonds. The van der Waals surface area contributed by atoms with Gasteiger partial charge in [0.15, 0.2) is 0 Å². The Hall–Kier alpha value is -7.74. The highest BCUT2D eigenvalue weighted by molar-refractivity contribution is 5.98. The van der Waals surface area contributed by atoms with Crippen LogP contribution in [0.2, 0.25) is 0 Å². The van der Waals surface area contributed by atoms with E-state index in [-0.39, 0.29) is 10.8 Å². The van der Waals surface area contributed by atoms with Crippen LogP contribution in [0.3, 0.4) is 0 Å². The van der Waals surface area contributed by atoms with Crippen LogP contribution in [0.5, 0.6) is 0 Å². The Kier molecular flexibility index (Phi) is 8.94. The van der Waals surface area contributed by atoms with Crippen LogP contribution >= 0.6 is 0 Å². The Labute approximate surface area is 383 Å². The van der Waals surface area contributed by atoms with Gasteiger partial charge in [0.05, 0.1) is 0 Å². The van der Waals surface area contributed by atoms with Gasteiger partial charge in [0, 0.05) is 27.9 Å². The first kappa shape index (κ1) is 38.9. The second kappa shape index (κ2) is 14.9. The molecule has 12 rings (SSSR count). The van der Waals surface area contributed by atoms with Crippen molar-refractivity contribution in [1.29, 1.82) is 0 Å². The van der Waals surface area contributed by atoms with Crippen molar-refractivity contribution in [2.45, 2.75) is 38.5 Å². The van der Waals surface area contributed by atoms with Crippen molar-refractivity contribution in [2.75, 3.05) is 4.90 Å². The first-order valence-electron chi connectivity index (χ1n) is 22.9. The fraction of sp³-hybridized carbons (Fsp3) is 0.0938. The third-order valence-electron chi connectivity index (χ3n) is 14.5. The van der Waals surface area contributed by atoms with E-state index < -0.39 is 0 Å². The molecule has 0 spiro atoms. The molecule has 65 heavy (non-hydrogen) atoms. The zero-order valence-electron chi connectivity index (χ0n) is 37.3. The average molecular weight is 832 g/mol. The fourth-order valence-corrected chi connectivity index (χ4v) is 11.3. The Morgan fingerprint density at radius 1 is 0.277 bits per heavy atom. The summed E-state index contributed by atoms with van der Waals surface area (Å²) in [5, 5.41) is 2.49. The molecule has 1 nitrogen and oxygen atoms in total. The van der Waals surface area contributed by atoms with Crippen LogP contribution in [0.4, 0.5) is 17.1 Å². The van der Waals surface area contributed by atoms with Gasteiger partial charge in [-0.05, 0) is 142 Å². The Morgan fingerprint density at radius 2 is 0.769 bits per heavy atom. The maximum atomic E-state index is 2.41. The summed E-state index contributed by atoms with van der Waals surface area (Å²) in [6.45, 7) is 9.46. The van der Waals surface area contributed by atoms with E-state index in [1.807, 2.05) is 0 Å². The Morgan fingerprint density at radius 3 is 1.51 bits per heavy atom. The summed E-state index contributed by atoms with van der Waals surface area (Å²) in [5.74, 6) is 0. The molecular formula is C64H49N. The minimum Gasteiger partial charge on any atom is -0.310 e. The normalized spacial score (nSPS) is 13.8. The summed E-state index contributed by atoms with van der Waals surface area (Å²) >= 11 is 0. The number of anilines is 3. The minimum atomic E-state index is -0.112. The van der Waals surface area contributed by atoms with E-state index in [4.69, 9.17) is 0 Å². The van der Waals surface area contributed by atoms with Crippen LogP contribution in [0.25, 0.3) is 77.5 Å². The van der Waals surface area contributed by atoms with Crippen LogP contribution in [-0.2, 0) is 10.8 Å². The van der Waals surface area contributed by atoms with Crippen molar-refractivity contribution in [3.05, 3.63) is 247 Å². The molecule has 0 bridgehead atoms. The molecule has 0 N–H and O–H groups in total. The van der Waals surface area contributed by atoms with Crippen LogP contribution < -0.4 is 4.90 Å². The molecule has 0 saturated heterocycles. The van der Waals surface area contributed by atoms with Gasteiger partial charge in [0.2, 0.25) is 0 Å². The lowest BCUT2D eigenvalue weighted by Crippen LogP contribution is -2.16. The van der Waals surface area contributed by atoms with Crippen LogP contribution in [0, 0.1) is 0 Å². The zero-order chi connectivity index (χ0) is 43.9. The molecule has 0 heterocycles. The quantitative estimate of drug-likeness (QED) is 0.155. The van der Waals surface area contributed by atoms with Gasteiger partial charge in [-0.15, -0.1) is 0 Å². The van der Waals surface area contributed by atoms with Gasteiger partial charge < -0.3 is 4.90 Å². The van der Waals surface area contributed by atoms with Gasteiger partial charge in [0.25, 0.3) is 0 Å². The molecule has 310 valence electrons. The fourth-order valence-electron chi connectivity index (χ4n) is 11.3. The van der Waals surface area contributed by atoms with Gasteiger partial charge in [0.1, 0.15) is 0 Å². The number of rotatable bonds is 7. The molecule has 0 aliphatic heterocycles. The second-order valence-corrected chi connectivity index (χ2v) is 18.9. The van der Waals surface area contributed by atoms with E-state index in [2.05, 4.69) is 257 Å². The van der Waals surface area contributed by atoms with E-state index in [0.29, 0.717) is 0 Å². The van der Waals surface area contributed by atoms with E-state index in [1.54, 1.807) is 0 Å². The lowest BCUT2D eigenvalue weighted by molar-refractivity contribution is 0.660. The molecule has 10 aromatic rings.